The fourth-order valence-corrected chi connectivity index (χ4v) is 1.51. The molecule has 0 saturated heterocycles. The summed E-state index contributed by atoms with van der Waals surface area (Å²) < 4.78 is 12.1. The van der Waals surface area contributed by atoms with Crippen LogP contribution in [-0.2, 0) is 13.0 Å². The number of rotatable bonds is 4. The number of aryl methyl sites for hydroxylation is 1. The van der Waals surface area contributed by atoms with Crippen LogP contribution in [0.25, 0.3) is 5.65 Å². The van der Waals surface area contributed by atoms with E-state index < -0.39 is 0 Å². The van der Waals surface area contributed by atoms with E-state index in [-0.39, 0.29) is 6.61 Å². The van der Waals surface area contributed by atoms with Crippen molar-refractivity contribution < 1.29 is 9.26 Å². The predicted molar refractivity (Wildman–Crippen MR) is 61.0 cm³/mol. The normalized spacial score (nSPS) is 10.9. The van der Waals surface area contributed by atoms with Gasteiger partial charge in [0.1, 0.15) is 0 Å². The van der Waals surface area contributed by atoms with Crippen LogP contribution in [0.3, 0.4) is 0 Å². The molecule has 7 nitrogen and oxygen atoms in total. The Bertz CT molecular complexity index is 660. The van der Waals surface area contributed by atoms with Gasteiger partial charge < -0.3 is 9.26 Å². The fourth-order valence-electron chi connectivity index (χ4n) is 1.51. The van der Waals surface area contributed by atoms with Crippen molar-refractivity contribution in [1.29, 1.82) is 0 Å². The van der Waals surface area contributed by atoms with Crippen molar-refractivity contribution in [3.8, 4) is 5.75 Å². The zero-order valence-electron chi connectivity index (χ0n) is 9.78. The average molecular weight is 245 g/mol. The summed E-state index contributed by atoms with van der Waals surface area (Å²) in [4.78, 5) is 8.34. The summed E-state index contributed by atoms with van der Waals surface area (Å²) in [5, 5.41) is 7.88. The summed E-state index contributed by atoms with van der Waals surface area (Å²) >= 11 is 0. The molecule has 3 rings (SSSR count). The van der Waals surface area contributed by atoms with Gasteiger partial charge in [-0.3, -0.25) is 0 Å². The minimum Gasteiger partial charge on any atom is -0.482 e. The molecule has 0 fully saturated rings. The number of hydrogen-bond acceptors (Lipinski definition) is 6. The highest BCUT2D eigenvalue weighted by molar-refractivity contribution is 5.37. The maximum absolute atomic E-state index is 5.52. The third kappa shape index (κ3) is 2.02. The number of fused-ring (bicyclic) bond motifs is 1. The third-order valence-electron chi connectivity index (χ3n) is 2.40. The molecule has 0 radical (unpaired) electrons. The van der Waals surface area contributed by atoms with Crippen LogP contribution in [0.15, 0.2) is 29.2 Å². The van der Waals surface area contributed by atoms with Crippen LogP contribution < -0.4 is 4.74 Å². The minimum absolute atomic E-state index is 0.248. The molecule has 0 aliphatic heterocycles. The van der Waals surface area contributed by atoms with Gasteiger partial charge in [-0.2, -0.15) is 10.1 Å². The SMILES string of the molecule is CCc1nc(COc2cnc3ccnn3c2)no1. The lowest BCUT2D eigenvalue weighted by molar-refractivity contribution is 0.282. The number of nitrogens with zero attached hydrogens (tertiary/aromatic N) is 5. The Labute approximate surface area is 102 Å². The summed E-state index contributed by atoms with van der Waals surface area (Å²) in [5.41, 5.74) is 0.773. The second kappa shape index (κ2) is 4.44. The molecule has 0 saturated carbocycles. The number of hydrogen-bond donors (Lipinski definition) is 0. The molecular weight excluding hydrogens is 234 g/mol. The van der Waals surface area contributed by atoms with E-state index in [1.54, 1.807) is 23.1 Å². The zero-order valence-corrected chi connectivity index (χ0v) is 9.78. The maximum atomic E-state index is 5.52. The van der Waals surface area contributed by atoms with Gasteiger partial charge in [0, 0.05) is 12.5 Å². The summed E-state index contributed by atoms with van der Waals surface area (Å²) in [6.45, 7) is 2.20. The maximum Gasteiger partial charge on any atom is 0.226 e. The van der Waals surface area contributed by atoms with Gasteiger partial charge in [-0.1, -0.05) is 12.1 Å². The number of ether oxygens (including phenoxy) is 1. The lowest BCUT2D eigenvalue weighted by Gasteiger charge is -2.02. The van der Waals surface area contributed by atoms with Crippen molar-refractivity contribution in [3.63, 3.8) is 0 Å². The first-order valence-corrected chi connectivity index (χ1v) is 5.59. The van der Waals surface area contributed by atoms with Crippen molar-refractivity contribution in [3.05, 3.63) is 36.4 Å². The summed E-state index contributed by atoms with van der Waals surface area (Å²) in [6, 6.07) is 1.82. The standard InChI is InChI=1S/C11H11N5O2/c1-2-11-14-9(15-18-11)7-17-8-5-12-10-3-4-13-16(10)6-8/h3-6H,2,7H2,1H3. The van der Waals surface area contributed by atoms with E-state index in [4.69, 9.17) is 9.26 Å². The van der Waals surface area contributed by atoms with E-state index in [0.717, 1.165) is 5.65 Å². The Morgan fingerprint density at radius 1 is 1.44 bits per heavy atom. The molecule has 0 amide bonds. The Balaban J connectivity index is 1.72. The lowest BCUT2D eigenvalue weighted by Crippen LogP contribution is -2.00. The third-order valence-corrected chi connectivity index (χ3v) is 2.40. The van der Waals surface area contributed by atoms with Crippen molar-refractivity contribution in [2.75, 3.05) is 0 Å². The largest absolute Gasteiger partial charge is 0.482 e. The topological polar surface area (TPSA) is 78.3 Å². The summed E-state index contributed by atoms with van der Waals surface area (Å²) in [7, 11) is 0. The minimum atomic E-state index is 0.248. The van der Waals surface area contributed by atoms with Crippen LogP contribution in [0, 0.1) is 0 Å². The zero-order chi connectivity index (χ0) is 12.4. The van der Waals surface area contributed by atoms with Crippen molar-refractivity contribution >= 4 is 5.65 Å². The molecule has 7 heteroatoms. The molecule has 92 valence electrons. The van der Waals surface area contributed by atoms with E-state index in [1.165, 1.54) is 0 Å². The molecule has 0 aliphatic carbocycles. The molecular formula is C11H11N5O2. The van der Waals surface area contributed by atoms with Crippen LogP contribution in [0.1, 0.15) is 18.6 Å². The highest BCUT2D eigenvalue weighted by atomic mass is 16.5. The van der Waals surface area contributed by atoms with Crippen LogP contribution in [0.2, 0.25) is 0 Å². The van der Waals surface area contributed by atoms with E-state index >= 15 is 0 Å². The van der Waals surface area contributed by atoms with Gasteiger partial charge in [-0.05, 0) is 0 Å². The van der Waals surface area contributed by atoms with Gasteiger partial charge >= 0.3 is 0 Å². The highest BCUT2D eigenvalue weighted by Gasteiger charge is 2.05. The van der Waals surface area contributed by atoms with E-state index in [0.29, 0.717) is 23.9 Å². The van der Waals surface area contributed by atoms with Gasteiger partial charge in [0.25, 0.3) is 0 Å². The molecule has 0 spiro atoms. The Morgan fingerprint density at radius 2 is 2.39 bits per heavy atom. The molecule has 3 aromatic heterocycles. The second-order valence-electron chi connectivity index (χ2n) is 3.67. The van der Waals surface area contributed by atoms with E-state index in [9.17, 15) is 0 Å². The average Bonchev–Trinajstić information content (AvgIpc) is 3.04. The van der Waals surface area contributed by atoms with Crippen LogP contribution in [0.5, 0.6) is 5.75 Å². The lowest BCUT2D eigenvalue weighted by atomic mass is 10.5. The van der Waals surface area contributed by atoms with Crippen molar-refractivity contribution in [2.45, 2.75) is 20.0 Å². The Morgan fingerprint density at radius 3 is 3.22 bits per heavy atom. The molecule has 0 bridgehead atoms. The highest BCUT2D eigenvalue weighted by Crippen LogP contribution is 2.11. The molecule has 18 heavy (non-hydrogen) atoms. The van der Waals surface area contributed by atoms with Gasteiger partial charge in [0.15, 0.2) is 18.0 Å². The quantitative estimate of drug-likeness (QED) is 0.688. The van der Waals surface area contributed by atoms with Gasteiger partial charge in [-0.15, -0.1) is 0 Å². The molecule has 0 aliphatic rings. The smallest absolute Gasteiger partial charge is 0.226 e. The van der Waals surface area contributed by atoms with Crippen molar-refractivity contribution in [2.24, 2.45) is 0 Å². The first-order chi connectivity index (χ1) is 8.85. The molecule has 3 aromatic rings. The predicted octanol–water partition coefficient (Wildman–Crippen LogP) is 1.25. The Kier molecular flexibility index (Phi) is 2.64. The molecule has 3 heterocycles. The van der Waals surface area contributed by atoms with Gasteiger partial charge in [0.2, 0.25) is 11.7 Å². The first-order valence-electron chi connectivity index (χ1n) is 5.59. The van der Waals surface area contributed by atoms with Crippen LogP contribution in [0.4, 0.5) is 0 Å². The van der Waals surface area contributed by atoms with Gasteiger partial charge in [-0.25, -0.2) is 9.50 Å². The molecule has 0 N–H and O–H groups in total. The van der Waals surface area contributed by atoms with E-state index in [1.807, 2.05) is 13.0 Å². The second-order valence-corrected chi connectivity index (χ2v) is 3.67. The van der Waals surface area contributed by atoms with E-state index in [2.05, 4.69) is 20.2 Å². The fraction of sp³-hybridized carbons (Fsp3) is 0.273. The molecule has 0 aromatic carbocycles. The molecule has 0 atom stereocenters. The summed E-state index contributed by atoms with van der Waals surface area (Å²) in [6.07, 6.45) is 5.79. The number of aromatic nitrogens is 5. The summed E-state index contributed by atoms with van der Waals surface area (Å²) in [5.74, 6) is 1.73. The molecule has 0 unspecified atom stereocenters. The van der Waals surface area contributed by atoms with Gasteiger partial charge in [0.05, 0.1) is 18.6 Å². The Hall–Kier alpha value is -2.44. The van der Waals surface area contributed by atoms with Crippen LogP contribution >= 0.6 is 0 Å². The monoisotopic (exact) mass is 245 g/mol. The van der Waals surface area contributed by atoms with Crippen LogP contribution in [-0.4, -0.2) is 24.7 Å². The first kappa shape index (κ1) is 10.7. The van der Waals surface area contributed by atoms with Crippen molar-refractivity contribution in [1.82, 2.24) is 24.7 Å².